The second-order valence-electron chi connectivity index (χ2n) is 2.14. The first-order valence-corrected chi connectivity index (χ1v) is 3.48. The van der Waals surface area contributed by atoms with Crippen molar-refractivity contribution in [3.05, 3.63) is 30.1 Å². The number of aromatic nitrogens is 2. The van der Waals surface area contributed by atoms with Crippen molar-refractivity contribution >= 4 is 10.9 Å². The number of rotatable bonds is 0. The van der Waals surface area contributed by atoms with Gasteiger partial charge in [0, 0.05) is 44.2 Å². The number of benzene rings is 1. The van der Waals surface area contributed by atoms with Gasteiger partial charge in [-0.1, -0.05) is 0 Å². The second kappa shape index (κ2) is 6.08. The fourth-order valence-electron chi connectivity index (χ4n) is 0.925. The van der Waals surface area contributed by atoms with Crippen LogP contribution in [-0.4, -0.2) is 22.4 Å². The zero-order valence-corrected chi connectivity index (χ0v) is 10.1. The van der Waals surface area contributed by atoms with E-state index in [9.17, 15) is 0 Å². The molecule has 13 heavy (non-hydrogen) atoms. The number of nitrogens with zero attached hydrogens (tertiary/aromatic N) is 1. The topological polar surface area (TPSA) is 72.7 Å². The molecule has 67 valence electrons. The van der Waals surface area contributed by atoms with Gasteiger partial charge < -0.3 is 10.8 Å². The molecule has 0 amide bonds. The fraction of sp³-hybridized carbons (Fsp3) is 0.125. The third-order valence-corrected chi connectivity index (χ3v) is 1.43. The maximum absolute atomic E-state index is 9.00. The number of aromatic hydroxyl groups is 1. The predicted molar refractivity (Wildman–Crippen MR) is 48.0 cm³/mol. The van der Waals surface area contributed by atoms with Crippen LogP contribution in [0.2, 0.25) is 0 Å². The Morgan fingerprint density at radius 1 is 1.38 bits per heavy atom. The average Bonchev–Trinajstić information content (AvgIpc) is 2.54. The minimum Gasteiger partial charge on any atom is -0.680 e. The molecule has 5 heteroatoms. The Bertz CT molecular complexity index is 361. The van der Waals surface area contributed by atoms with Crippen LogP contribution in [0, 0.1) is 0 Å². The van der Waals surface area contributed by atoms with E-state index in [1.807, 2.05) is 6.07 Å². The molecule has 0 aliphatic rings. The van der Waals surface area contributed by atoms with Gasteiger partial charge in [-0.15, -0.1) is 0 Å². The summed E-state index contributed by atoms with van der Waals surface area (Å²) in [4.78, 5) is 0. The molecular weight excluding hydrogens is 243 g/mol. The first-order chi connectivity index (χ1) is 5.86. The van der Waals surface area contributed by atoms with Crippen molar-refractivity contribution in [3.8, 4) is 5.75 Å². The second-order valence-corrected chi connectivity index (χ2v) is 2.14. The van der Waals surface area contributed by atoms with Crippen LogP contribution in [0.4, 0.5) is 0 Å². The summed E-state index contributed by atoms with van der Waals surface area (Å²) >= 11 is 0. The molecular formula is C8H10N3OY-. The first-order valence-electron chi connectivity index (χ1n) is 3.48. The maximum Gasteiger partial charge on any atom is 0.117 e. The van der Waals surface area contributed by atoms with Gasteiger partial charge in [-0.2, -0.15) is 12.1 Å². The first kappa shape index (κ1) is 12.6. The van der Waals surface area contributed by atoms with Crippen LogP contribution in [0.5, 0.6) is 5.75 Å². The number of aromatic amines is 1. The van der Waals surface area contributed by atoms with Crippen molar-refractivity contribution < 1.29 is 37.8 Å². The van der Waals surface area contributed by atoms with E-state index in [-0.39, 0.29) is 38.5 Å². The van der Waals surface area contributed by atoms with Gasteiger partial charge in [-0.3, -0.25) is 5.10 Å². The Balaban J connectivity index is 0.000000451. The van der Waals surface area contributed by atoms with Gasteiger partial charge in [0.25, 0.3) is 0 Å². The number of hydrogen-bond acceptors (Lipinski definition) is 2. The minimum atomic E-state index is 0. The predicted octanol–water partition coefficient (Wildman–Crippen LogP) is 1.93. The Morgan fingerprint density at radius 2 is 2.08 bits per heavy atom. The van der Waals surface area contributed by atoms with Crippen molar-refractivity contribution in [2.45, 2.75) is 0 Å². The molecule has 1 heterocycles. The molecule has 0 fully saturated rings. The van der Waals surface area contributed by atoms with E-state index in [0.29, 0.717) is 0 Å². The summed E-state index contributed by atoms with van der Waals surface area (Å²) in [6, 6.07) is 5.09. The van der Waals surface area contributed by atoms with Gasteiger partial charge in [0.1, 0.15) is 5.75 Å². The van der Waals surface area contributed by atoms with Crippen molar-refractivity contribution in [1.82, 2.24) is 10.2 Å². The average molecular weight is 253 g/mol. The quantitative estimate of drug-likeness (QED) is 0.752. The number of nitrogens with one attached hydrogen (secondary N) is 2. The van der Waals surface area contributed by atoms with Crippen LogP contribution < -0.4 is 0 Å². The van der Waals surface area contributed by atoms with Gasteiger partial charge in [0.2, 0.25) is 0 Å². The maximum atomic E-state index is 9.00. The van der Waals surface area contributed by atoms with E-state index >= 15 is 0 Å². The van der Waals surface area contributed by atoms with Gasteiger partial charge in [0.05, 0.1) is 11.7 Å². The van der Waals surface area contributed by atoms with Gasteiger partial charge >= 0.3 is 0 Å². The van der Waals surface area contributed by atoms with Crippen LogP contribution in [0.1, 0.15) is 0 Å². The molecule has 2 rings (SSSR count). The molecule has 0 spiro atoms. The molecule has 1 aromatic heterocycles. The molecule has 2 aromatic rings. The number of fused-ring (bicyclic) bond motifs is 1. The zero-order chi connectivity index (χ0) is 8.97. The molecule has 0 aliphatic heterocycles. The molecule has 0 aliphatic carbocycles. The van der Waals surface area contributed by atoms with Crippen LogP contribution in [-0.2, 0) is 32.7 Å². The summed E-state index contributed by atoms with van der Waals surface area (Å²) in [6.45, 7) is 0. The molecule has 0 bridgehead atoms. The third-order valence-electron chi connectivity index (χ3n) is 1.43. The summed E-state index contributed by atoms with van der Waals surface area (Å²) in [6.07, 6.45) is 1.72. The van der Waals surface area contributed by atoms with Gasteiger partial charge in [0.15, 0.2) is 0 Å². The number of hydrogen-bond donors (Lipinski definition) is 2. The number of H-pyrrole nitrogens is 1. The van der Waals surface area contributed by atoms with E-state index in [2.05, 4.69) is 10.2 Å². The standard InChI is InChI=1S/C7H6N2O.CH4N.Y/c10-6-2-1-5-4-8-9-7(5)3-6;1-2;/h1-4,10H,(H,8,9);2H,1H3;/q;-1;. The third kappa shape index (κ3) is 3.06. The molecule has 4 nitrogen and oxygen atoms in total. The molecule has 0 saturated carbocycles. The Morgan fingerprint density at radius 3 is 2.77 bits per heavy atom. The molecule has 0 unspecified atom stereocenters. The summed E-state index contributed by atoms with van der Waals surface area (Å²) < 4.78 is 0. The largest absolute Gasteiger partial charge is 0.680 e. The Labute approximate surface area is 101 Å². The number of phenolic OH excluding ortho intramolecular Hbond substituents is 1. The Hall–Kier alpha value is -0.446. The van der Waals surface area contributed by atoms with Gasteiger partial charge in [-0.25, -0.2) is 0 Å². The van der Waals surface area contributed by atoms with Crippen LogP contribution >= 0.6 is 0 Å². The normalized spacial score (nSPS) is 8.46. The molecule has 1 radical (unpaired) electrons. The molecule has 0 saturated heterocycles. The van der Waals surface area contributed by atoms with E-state index < -0.39 is 0 Å². The van der Waals surface area contributed by atoms with Crippen LogP contribution in [0.15, 0.2) is 24.4 Å². The molecule has 1 aromatic carbocycles. The minimum absolute atomic E-state index is 0. The van der Waals surface area contributed by atoms with E-state index in [4.69, 9.17) is 10.8 Å². The van der Waals surface area contributed by atoms with Crippen LogP contribution in [0.25, 0.3) is 16.6 Å². The van der Waals surface area contributed by atoms with E-state index in [1.54, 1.807) is 18.3 Å². The SMILES string of the molecule is C[NH-].Oc1ccc2cn[nH]c2c1.[Y]. The number of phenols is 1. The molecule has 0 atom stereocenters. The Kier molecular flexibility index (Phi) is 5.87. The van der Waals surface area contributed by atoms with Crippen molar-refractivity contribution in [2.24, 2.45) is 0 Å². The summed E-state index contributed by atoms with van der Waals surface area (Å²) in [5.74, 6) is 0.261. The summed E-state index contributed by atoms with van der Waals surface area (Å²) in [7, 11) is 1.25. The van der Waals surface area contributed by atoms with Crippen molar-refractivity contribution in [3.63, 3.8) is 0 Å². The van der Waals surface area contributed by atoms with Crippen molar-refractivity contribution in [2.75, 3.05) is 7.05 Å². The molecule has 3 N–H and O–H groups in total. The summed E-state index contributed by atoms with van der Waals surface area (Å²) in [5, 5.41) is 16.6. The van der Waals surface area contributed by atoms with Crippen LogP contribution in [0.3, 0.4) is 0 Å². The smallest absolute Gasteiger partial charge is 0.117 e. The monoisotopic (exact) mass is 253 g/mol. The van der Waals surface area contributed by atoms with E-state index in [1.165, 1.54) is 7.05 Å². The van der Waals surface area contributed by atoms with E-state index in [0.717, 1.165) is 10.9 Å². The zero-order valence-electron chi connectivity index (χ0n) is 7.28. The summed E-state index contributed by atoms with van der Waals surface area (Å²) in [5.41, 5.74) is 6.61. The fourth-order valence-corrected chi connectivity index (χ4v) is 0.925. The van der Waals surface area contributed by atoms with Gasteiger partial charge in [-0.05, 0) is 12.1 Å². The van der Waals surface area contributed by atoms with Crippen molar-refractivity contribution in [1.29, 1.82) is 0 Å².